The summed E-state index contributed by atoms with van der Waals surface area (Å²) in [4.78, 5) is 41.9. The highest BCUT2D eigenvalue weighted by Crippen LogP contribution is 2.21. The van der Waals surface area contributed by atoms with Crippen molar-refractivity contribution in [3.05, 3.63) is 11.6 Å². The predicted octanol–water partition coefficient (Wildman–Crippen LogP) is 3.10. The molecule has 2 heterocycles. The minimum absolute atomic E-state index is 0.0396. The second-order valence-electron chi connectivity index (χ2n) is 10.1. The van der Waals surface area contributed by atoms with Crippen molar-refractivity contribution >= 4 is 17.7 Å². The Morgan fingerprint density at radius 1 is 1.03 bits per heavy atom. The van der Waals surface area contributed by atoms with Gasteiger partial charge in [0.1, 0.15) is 6.04 Å². The second kappa shape index (κ2) is 13.6. The molecular formula is C25H46N4O3. The van der Waals surface area contributed by atoms with Gasteiger partial charge in [-0.15, -0.1) is 0 Å². The van der Waals surface area contributed by atoms with Gasteiger partial charge in [0.25, 0.3) is 0 Å². The van der Waals surface area contributed by atoms with E-state index >= 15 is 0 Å². The topological polar surface area (TPSA) is 81.8 Å². The molecule has 7 nitrogen and oxygen atoms in total. The number of rotatable bonds is 6. The Balaban J connectivity index is 0.00000161. The Morgan fingerprint density at radius 3 is 2.12 bits per heavy atom. The molecule has 2 fully saturated rings. The number of amides is 3. The summed E-state index contributed by atoms with van der Waals surface area (Å²) in [5.41, 5.74) is 0.226. The number of hydrogen-bond donors (Lipinski definition) is 2. The Bertz CT molecular complexity index is 648. The van der Waals surface area contributed by atoms with Crippen molar-refractivity contribution in [2.24, 2.45) is 5.41 Å². The van der Waals surface area contributed by atoms with Crippen molar-refractivity contribution in [1.82, 2.24) is 20.4 Å². The first-order valence-electron chi connectivity index (χ1n) is 12.3. The number of hydrogen-bond acceptors (Lipinski definition) is 4. The highest BCUT2D eigenvalue weighted by Gasteiger charge is 2.35. The molecule has 2 saturated heterocycles. The van der Waals surface area contributed by atoms with Gasteiger partial charge in [-0.25, -0.2) is 0 Å². The summed E-state index contributed by atoms with van der Waals surface area (Å²) >= 11 is 0. The van der Waals surface area contributed by atoms with Crippen LogP contribution in [-0.2, 0) is 14.4 Å². The number of carbonyl (C=O) groups is 3. The fourth-order valence-electron chi connectivity index (χ4n) is 3.98. The Morgan fingerprint density at radius 2 is 1.59 bits per heavy atom. The molecule has 2 unspecified atom stereocenters. The van der Waals surface area contributed by atoms with Crippen LogP contribution in [0, 0.1) is 5.41 Å². The lowest BCUT2D eigenvalue weighted by Crippen LogP contribution is -2.58. The van der Waals surface area contributed by atoms with Crippen molar-refractivity contribution in [2.45, 2.75) is 92.2 Å². The predicted molar refractivity (Wildman–Crippen MR) is 130 cm³/mol. The van der Waals surface area contributed by atoms with E-state index in [0.29, 0.717) is 5.57 Å². The van der Waals surface area contributed by atoms with Gasteiger partial charge >= 0.3 is 0 Å². The molecule has 0 aromatic carbocycles. The molecule has 3 amide bonds. The molecule has 184 valence electrons. The van der Waals surface area contributed by atoms with Crippen LogP contribution in [0.15, 0.2) is 11.6 Å². The van der Waals surface area contributed by atoms with Crippen LogP contribution in [0.2, 0.25) is 0 Å². The molecule has 0 aliphatic carbocycles. The standard InChI is InChI=1S/C22H38N4O3.C3H8/c1-16(21(29)26-14-8-9-15-26)11-12-23-20(28)18(22(2,3)4)24-19(27)17-10-6-7-13-25(17)5;1-3-2/h11,17-18H,6-10,12-15H2,1-5H3,(H,23,28)(H,24,27);3H2,1-2H3/b16-11+;. The first kappa shape index (κ1) is 28.1. The van der Waals surface area contributed by atoms with Crippen LogP contribution in [0.5, 0.6) is 0 Å². The molecule has 2 aliphatic heterocycles. The van der Waals surface area contributed by atoms with Gasteiger partial charge in [0.05, 0.1) is 6.04 Å². The van der Waals surface area contributed by atoms with Crippen molar-refractivity contribution in [3.8, 4) is 0 Å². The average Bonchev–Trinajstić information content (AvgIpc) is 3.26. The maximum atomic E-state index is 12.8. The molecule has 2 atom stereocenters. The van der Waals surface area contributed by atoms with E-state index < -0.39 is 11.5 Å². The second-order valence-corrected chi connectivity index (χ2v) is 10.1. The van der Waals surface area contributed by atoms with Crippen LogP contribution >= 0.6 is 0 Å². The van der Waals surface area contributed by atoms with Crippen LogP contribution in [0.1, 0.15) is 80.1 Å². The van der Waals surface area contributed by atoms with E-state index in [0.717, 1.165) is 51.7 Å². The van der Waals surface area contributed by atoms with Gasteiger partial charge < -0.3 is 15.5 Å². The summed E-state index contributed by atoms with van der Waals surface area (Å²) in [5.74, 6) is -0.266. The number of likely N-dealkylation sites (N-methyl/N-ethyl adjacent to an activating group) is 1. The fraction of sp³-hybridized carbons (Fsp3) is 0.800. The van der Waals surface area contributed by atoms with Crippen LogP contribution in [0.25, 0.3) is 0 Å². The Kier molecular flexibility index (Phi) is 12.0. The minimum atomic E-state index is -0.631. The van der Waals surface area contributed by atoms with Gasteiger partial charge in [-0.2, -0.15) is 0 Å². The van der Waals surface area contributed by atoms with Crippen molar-refractivity contribution < 1.29 is 14.4 Å². The molecule has 2 N–H and O–H groups in total. The third-order valence-electron chi connectivity index (χ3n) is 5.90. The highest BCUT2D eigenvalue weighted by molar-refractivity contribution is 5.93. The minimum Gasteiger partial charge on any atom is -0.351 e. The van der Waals surface area contributed by atoms with Gasteiger partial charge in [-0.3, -0.25) is 19.3 Å². The van der Waals surface area contributed by atoms with Gasteiger partial charge in [0.2, 0.25) is 17.7 Å². The maximum Gasteiger partial charge on any atom is 0.249 e. The molecule has 2 aliphatic rings. The summed E-state index contributed by atoms with van der Waals surface area (Å²) < 4.78 is 0. The van der Waals surface area contributed by atoms with Gasteiger partial charge in [-0.05, 0) is 51.6 Å². The normalized spacial score (nSPS) is 20.8. The molecule has 7 heteroatoms. The number of nitrogens with zero attached hydrogens (tertiary/aromatic N) is 2. The number of carbonyl (C=O) groups excluding carboxylic acids is 3. The molecule has 0 spiro atoms. The van der Waals surface area contributed by atoms with Crippen molar-refractivity contribution in [1.29, 1.82) is 0 Å². The molecule has 0 radical (unpaired) electrons. The Hall–Kier alpha value is -1.89. The summed E-state index contributed by atoms with van der Waals surface area (Å²) in [7, 11) is 1.96. The lowest BCUT2D eigenvalue weighted by atomic mass is 9.85. The zero-order valence-electron chi connectivity index (χ0n) is 21.4. The zero-order chi connectivity index (χ0) is 24.3. The molecule has 0 aromatic heterocycles. The first-order chi connectivity index (χ1) is 15.0. The maximum absolute atomic E-state index is 12.8. The number of piperidine rings is 1. The smallest absolute Gasteiger partial charge is 0.249 e. The summed E-state index contributed by atoms with van der Waals surface area (Å²) in [6, 6.07) is -0.810. The number of nitrogens with one attached hydrogen (secondary N) is 2. The van der Waals surface area contributed by atoms with E-state index in [-0.39, 0.29) is 30.3 Å². The lowest BCUT2D eigenvalue weighted by Gasteiger charge is -2.35. The van der Waals surface area contributed by atoms with Crippen molar-refractivity contribution in [3.63, 3.8) is 0 Å². The molecule has 0 saturated carbocycles. The third kappa shape index (κ3) is 8.93. The van der Waals surface area contributed by atoms with Crippen LogP contribution in [-0.4, -0.2) is 72.8 Å². The van der Waals surface area contributed by atoms with Crippen LogP contribution in [0.3, 0.4) is 0 Å². The van der Waals surface area contributed by atoms with Crippen molar-refractivity contribution in [2.75, 3.05) is 33.2 Å². The van der Waals surface area contributed by atoms with E-state index in [9.17, 15) is 14.4 Å². The monoisotopic (exact) mass is 450 g/mol. The summed E-state index contributed by atoms with van der Waals surface area (Å²) in [6.45, 7) is 14.7. The molecule has 0 aromatic rings. The van der Waals surface area contributed by atoms with Gasteiger partial charge in [0, 0.05) is 25.2 Å². The fourth-order valence-corrected chi connectivity index (χ4v) is 3.98. The lowest BCUT2D eigenvalue weighted by molar-refractivity contribution is -0.134. The largest absolute Gasteiger partial charge is 0.351 e. The zero-order valence-corrected chi connectivity index (χ0v) is 21.4. The first-order valence-corrected chi connectivity index (χ1v) is 12.3. The Labute approximate surface area is 195 Å². The summed E-state index contributed by atoms with van der Waals surface area (Å²) in [5, 5.41) is 5.84. The van der Waals surface area contributed by atoms with E-state index in [2.05, 4.69) is 29.4 Å². The SMILES string of the molecule is C/C(=C\CNC(=O)C(NC(=O)C1CCCCN1C)C(C)(C)C)C(=O)N1CCCC1.CCC. The highest BCUT2D eigenvalue weighted by atomic mass is 16.2. The third-order valence-corrected chi connectivity index (χ3v) is 5.90. The quantitative estimate of drug-likeness (QED) is 0.609. The molecule has 0 bridgehead atoms. The average molecular weight is 451 g/mol. The molecule has 2 rings (SSSR count). The van der Waals surface area contributed by atoms with E-state index in [1.54, 1.807) is 13.0 Å². The van der Waals surface area contributed by atoms with Crippen LogP contribution in [0.4, 0.5) is 0 Å². The summed E-state index contributed by atoms with van der Waals surface area (Å²) in [6.07, 6.45) is 8.07. The molecular weight excluding hydrogens is 404 g/mol. The van der Waals surface area contributed by atoms with Gasteiger partial charge in [-0.1, -0.05) is 53.5 Å². The van der Waals surface area contributed by atoms with E-state index in [1.165, 1.54) is 6.42 Å². The number of likely N-dealkylation sites (tertiary alicyclic amines) is 2. The van der Waals surface area contributed by atoms with Crippen LogP contribution < -0.4 is 10.6 Å². The molecule has 32 heavy (non-hydrogen) atoms. The van der Waals surface area contributed by atoms with E-state index in [1.807, 2.05) is 32.7 Å². The van der Waals surface area contributed by atoms with Gasteiger partial charge in [0.15, 0.2) is 0 Å². The van der Waals surface area contributed by atoms with E-state index in [4.69, 9.17) is 0 Å².